The van der Waals surface area contributed by atoms with Crippen molar-refractivity contribution >= 4 is 17.5 Å². The van der Waals surface area contributed by atoms with Crippen LogP contribution in [0.1, 0.15) is 19.8 Å². The van der Waals surface area contributed by atoms with Crippen LogP contribution in [0.4, 0.5) is 10.1 Å². The van der Waals surface area contributed by atoms with Crippen LogP contribution in [0.25, 0.3) is 0 Å². The smallest absolute Gasteiger partial charge is 0.224 e. The molecule has 2 rings (SSSR count). The number of nitrogens with zero attached hydrogens (tertiary/aromatic N) is 3. The maximum absolute atomic E-state index is 13.0. The van der Waals surface area contributed by atoms with E-state index in [4.69, 9.17) is 0 Å². The molecule has 0 saturated heterocycles. The molecule has 0 spiro atoms. The predicted molar refractivity (Wildman–Crippen MR) is 81.9 cm³/mol. The monoisotopic (exact) mass is 319 g/mol. The topological polar surface area (TPSA) is 88.9 Å². The van der Waals surface area contributed by atoms with Crippen molar-refractivity contribution in [3.63, 3.8) is 0 Å². The Kier molecular flexibility index (Phi) is 5.79. The van der Waals surface area contributed by atoms with Crippen LogP contribution >= 0.6 is 0 Å². The van der Waals surface area contributed by atoms with Crippen LogP contribution in [0.5, 0.6) is 0 Å². The first kappa shape index (κ1) is 16.6. The van der Waals surface area contributed by atoms with Gasteiger partial charge in [-0.05, 0) is 25.1 Å². The lowest BCUT2D eigenvalue weighted by atomic mass is 10.2. The van der Waals surface area contributed by atoms with Gasteiger partial charge in [-0.2, -0.15) is 5.10 Å². The number of rotatable bonds is 7. The van der Waals surface area contributed by atoms with Crippen LogP contribution in [0, 0.1) is 5.82 Å². The first-order chi connectivity index (χ1) is 11.0. The molecule has 0 saturated carbocycles. The molecule has 8 heteroatoms. The zero-order valence-corrected chi connectivity index (χ0v) is 12.7. The summed E-state index contributed by atoms with van der Waals surface area (Å²) in [6.45, 7) is 2.34. The van der Waals surface area contributed by atoms with Crippen LogP contribution < -0.4 is 10.6 Å². The van der Waals surface area contributed by atoms with E-state index < -0.39 is 5.82 Å². The van der Waals surface area contributed by atoms with Gasteiger partial charge >= 0.3 is 0 Å². The van der Waals surface area contributed by atoms with Crippen molar-refractivity contribution < 1.29 is 14.0 Å². The molecule has 2 N–H and O–H groups in total. The van der Waals surface area contributed by atoms with Gasteiger partial charge in [0.05, 0.1) is 6.54 Å². The molecule has 1 aromatic carbocycles. The quantitative estimate of drug-likeness (QED) is 0.806. The summed E-state index contributed by atoms with van der Waals surface area (Å²) in [6, 6.07) is 5.47. The molecule has 1 atom stereocenters. The summed E-state index contributed by atoms with van der Waals surface area (Å²) in [6.07, 6.45) is 3.07. The number of carbonyl (C=O) groups excluding carboxylic acids is 2. The maximum Gasteiger partial charge on any atom is 0.224 e. The number of nitrogens with one attached hydrogen (secondary N) is 2. The largest absolute Gasteiger partial charge is 0.352 e. The molecule has 7 nitrogen and oxygen atoms in total. The highest BCUT2D eigenvalue weighted by molar-refractivity contribution is 5.93. The molecule has 2 aromatic rings. The SMILES string of the molecule is CC(Cn1cncn1)NC(=O)CCC(=O)Nc1cccc(F)c1. The molecule has 23 heavy (non-hydrogen) atoms. The minimum Gasteiger partial charge on any atom is -0.352 e. The predicted octanol–water partition coefficient (Wildman–Crippen LogP) is 1.34. The summed E-state index contributed by atoms with van der Waals surface area (Å²) in [5, 5.41) is 9.28. The second kappa shape index (κ2) is 8.02. The number of amides is 2. The third-order valence-electron chi connectivity index (χ3n) is 3.02. The number of halogens is 1. The third-order valence-corrected chi connectivity index (χ3v) is 3.02. The Morgan fingerprint density at radius 1 is 1.30 bits per heavy atom. The molecular weight excluding hydrogens is 301 g/mol. The van der Waals surface area contributed by atoms with E-state index in [-0.39, 0.29) is 30.7 Å². The fourth-order valence-corrected chi connectivity index (χ4v) is 2.02. The molecule has 0 aliphatic carbocycles. The fraction of sp³-hybridized carbons (Fsp3) is 0.333. The van der Waals surface area contributed by atoms with Gasteiger partial charge in [-0.3, -0.25) is 14.3 Å². The Morgan fingerprint density at radius 3 is 2.78 bits per heavy atom. The average molecular weight is 319 g/mol. The van der Waals surface area contributed by atoms with Gasteiger partial charge in [0.1, 0.15) is 18.5 Å². The highest BCUT2D eigenvalue weighted by Gasteiger charge is 2.11. The number of anilines is 1. The zero-order valence-electron chi connectivity index (χ0n) is 12.7. The Labute approximate surface area is 132 Å². The van der Waals surface area contributed by atoms with Crippen molar-refractivity contribution in [1.82, 2.24) is 20.1 Å². The first-order valence-corrected chi connectivity index (χ1v) is 7.20. The van der Waals surface area contributed by atoms with Crippen LogP contribution in [0.3, 0.4) is 0 Å². The van der Waals surface area contributed by atoms with Crippen molar-refractivity contribution in [1.29, 1.82) is 0 Å². The molecule has 1 heterocycles. The van der Waals surface area contributed by atoms with Crippen molar-refractivity contribution in [3.05, 3.63) is 42.7 Å². The van der Waals surface area contributed by atoms with E-state index in [0.29, 0.717) is 12.2 Å². The molecule has 0 bridgehead atoms. The number of benzene rings is 1. The summed E-state index contributed by atoms with van der Waals surface area (Å²) in [5.41, 5.74) is 0.370. The molecule has 0 fully saturated rings. The van der Waals surface area contributed by atoms with Gasteiger partial charge in [-0.25, -0.2) is 9.37 Å². The summed E-state index contributed by atoms with van der Waals surface area (Å²) < 4.78 is 14.6. The lowest BCUT2D eigenvalue weighted by Crippen LogP contribution is -2.36. The number of carbonyl (C=O) groups is 2. The van der Waals surface area contributed by atoms with Gasteiger partial charge < -0.3 is 10.6 Å². The summed E-state index contributed by atoms with van der Waals surface area (Å²) >= 11 is 0. The molecule has 2 amide bonds. The number of hydrogen-bond donors (Lipinski definition) is 2. The van der Waals surface area contributed by atoms with E-state index in [1.54, 1.807) is 17.1 Å². The van der Waals surface area contributed by atoms with Gasteiger partial charge in [0.15, 0.2) is 0 Å². The number of aromatic nitrogens is 3. The minimum atomic E-state index is -0.428. The van der Waals surface area contributed by atoms with E-state index >= 15 is 0 Å². The Bertz CT molecular complexity index is 660. The lowest BCUT2D eigenvalue weighted by Gasteiger charge is -2.13. The van der Waals surface area contributed by atoms with Crippen LogP contribution in [-0.2, 0) is 16.1 Å². The van der Waals surface area contributed by atoms with Crippen LogP contribution in [0.2, 0.25) is 0 Å². The molecule has 0 aliphatic rings. The Balaban J connectivity index is 1.70. The van der Waals surface area contributed by atoms with Crippen molar-refractivity contribution in [2.24, 2.45) is 0 Å². The van der Waals surface area contributed by atoms with Crippen molar-refractivity contribution in [2.45, 2.75) is 32.4 Å². The standard InChI is InChI=1S/C15H18FN5O2/c1-11(8-21-10-17-9-18-21)19-14(22)5-6-15(23)20-13-4-2-3-12(16)7-13/h2-4,7,9-11H,5-6,8H2,1H3,(H,19,22)(H,20,23). The molecule has 1 aromatic heterocycles. The van der Waals surface area contributed by atoms with Crippen LogP contribution in [-0.4, -0.2) is 32.6 Å². The van der Waals surface area contributed by atoms with Gasteiger partial charge in [0.25, 0.3) is 0 Å². The molecule has 0 radical (unpaired) electrons. The van der Waals surface area contributed by atoms with Crippen molar-refractivity contribution in [2.75, 3.05) is 5.32 Å². The van der Waals surface area contributed by atoms with E-state index in [9.17, 15) is 14.0 Å². The summed E-state index contributed by atoms with van der Waals surface area (Å²) in [4.78, 5) is 27.4. The lowest BCUT2D eigenvalue weighted by molar-refractivity contribution is -0.124. The molecule has 1 unspecified atom stereocenters. The van der Waals surface area contributed by atoms with E-state index in [1.807, 2.05) is 6.92 Å². The van der Waals surface area contributed by atoms with E-state index in [2.05, 4.69) is 20.7 Å². The third kappa shape index (κ3) is 5.85. The fourth-order valence-electron chi connectivity index (χ4n) is 2.02. The first-order valence-electron chi connectivity index (χ1n) is 7.20. The molecule has 122 valence electrons. The molecule has 0 aliphatic heterocycles. The highest BCUT2D eigenvalue weighted by atomic mass is 19.1. The van der Waals surface area contributed by atoms with E-state index in [0.717, 1.165) is 0 Å². The second-order valence-electron chi connectivity index (χ2n) is 5.14. The average Bonchev–Trinajstić information content (AvgIpc) is 2.98. The summed E-state index contributed by atoms with van der Waals surface area (Å²) in [5.74, 6) is -0.996. The Hall–Kier alpha value is -2.77. The van der Waals surface area contributed by atoms with Crippen LogP contribution in [0.15, 0.2) is 36.9 Å². The Morgan fingerprint density at radius 2 is 2.09 bits per heavy atom. The molecular formula is C15H18FN5O2. The minimum absolute atomic E-state index is 0.0262. The maximum atomic E-state index is 13.0. The van der Waals surface area contributed by atoms with E-state index in [1.165, 1.54) is 24.5 Å². The highest BCUT2D eigenvalue weighted by Crippen LogP contribution is 2.09. The van der Waals surface area contributed by atoms with Crippen molar-refractivity contribution in [3.8, 4) is 0 Å². The van der Waals surface area contributed by atoms with Gasteiger partial charge in [-0.15, -0.1) is 0 Å². The number of hydrogen-bond acceptors (Lipinski definition) is 4. The second-order valence-corrected chi connectivity index (χ2v) is 5.14. The normalized spacial score (nSPS) is 11.7. The van der Waals surface area contributed by atoms with Gasteiger partial charge in [-0.1, -0.05) is 6.07 Å². The van der Waals surface area contributed by atoms with Gasteiger partial charge in [0.2, 0.25) is 11.8 Å². The van der Waals surface area contributed by atoms with Gasteiger partial charge in [0, 0.05) is 24.6 Å². The zero-order chi connectivity index (χ0) is 16.7. The summed E-state index contributed by atoms with van der Waals surface area (Å²) in [7, 11) is 0.